The van der Waals surface area contributed by atoms with E-state index in [-0.39, 0.29) is 25.2 Å². The van der Waals surface area contributed by atoms with E-state index in [9.17, 15) is 4.79 Å². The Balaban J connectivity index is -0.000000140. The fourth-order valence-corrected chi connectivity index (χ4v) is 0. The highest BCUT2D eigenvalue weighted by atomic mass is 16.2. The topological polar surface area (TPSA) is 37.3 Å². The lowest BCUT2D eigenvalue weighted by molar-refractivity contribution is -0.124. The fourth-order valence-electron chi connectivity index (χ4n) is 0. The van der Waals surface area contributed by atoms with Crippen molar-refractivity contribution in [3.63, 3.8) is 0 Å². The molecule has 0 aliphatic heterocycles. The Labute approximate surface area is 70.6 Å². The molecule has 2 nitrogen and oxygen atoms in total. The van der Waals surface area contributed by atoms with Crippen LogP contribution < -0.4 is 0 Å². The van der Waals surface area contributed by atoms with Gasteiger partial charge in [0, 0.05) is 12.0 Å². The van der Waals surface area contributed by atoms with Crippen molar-refractivity contribution in [1.82, 2.24) is 0 Å². The van der Waals surface area contributed by atoms with Gasteiger partial charge in [0.1, 0.15) is 5.78 Å². The molecule has 0 aromatic carbocycles. The molecule has 0 rings (SSSR count). The minimum Gasteiger partial charge on any atom is -0.397 e. The maximum absolute atomic E-state index is 10.5. The second-order valence-electron chi connectivity index (χ2n) is 3.12. The molecule has 0 aromatic heterocycles. The van der Waals surface area contributed by atoms with E-state index in [1.54, 1.807) is 13.8 Å². The minimum atomic E-state index is -0.139. The Bertz CT molecular complexity index is 90.2. The van der Waals surface area contributed by atoms with Crippen LogP contribution in [0, 0.1) is 5.41 Å². The van der Waals surface area contributed by atoms with Gasteiger partial charge in [-0.3, -0.25) is 4.79 Å². The van der Waals surface area contributed by atoms with Gasteiger partial charge in [0.25, 0.3) is 0 Å². The van der Waals surface area contributed by atoms with Gasteiger partial charge in [-0.1, -0.05) is 28.2 Å². The first-order valence-electron chi connectivity index (χ1n) is 3.48. The number of Topliss-reactive ketones (excluding diaryl/α,β-unsaturated/α-hetero) is 1. The van der Waals surface area contributed by atoms with Crippen LogP contribution in [-0.4, -0.2) is 17.5 Å². The highest BCUT2D eigenvalue weighted by molar-refractivity contribution is 5.80. The molecule has 70 valence electrons. The van der Waals surface area contributed by atoms with Gasteiger partial charge in [-0.2, -0.15) is 0 Å². The largest absolute Gasteiger partial charge is 0.397 e. The van der Waals surface area contributed by atoms with E-state index in [1.807, 2.05) is 20.8 Å². The zero-order chi connectivity index (χ0) is 8.78. The molecule has 0 bridgehead atoms. The smallest absolute Gasteiger partial charge is 0.135 e. The van der Waals surface area contributed by atoms with Crippen LogP contribution in [0.25, 0.3) is 0 Å². The van der Waals surface area contributed by atoms with Gasteiger partial charge in [-0.15, -0.1) is 0 Å². The quantitative estimate of drug-likeness (QED) is 0.593. The predicted molar refractivity (Wildman–Crippen MR) is 49.6 cm³/mol. The summed E-state index contributed by atoms with van der Waals surface area (Å²) in [6.07, 6.45) is 0. The van der Waals surface area contributed by atoms with Crippen molar-refractivity contribution in [2.24, 2.45) is 5.41 Å². The van der Waals surface area contributed by atoms with Crippen LogP contribution >= 0.6 is 0 Å². The van der Waals surface area contributed by atoms with Gasteiger partial charge >= 0.3 is 0 Å². The molecule has 0 aliphatic rings. The number of carbonyl (C=O) groups excluding carboxylic acids is 1. The van der Waals surface area contributed by atoms with Crippen LogP contribution in [0.1, 0.15) is 42.0 Å². The molecule has 0 fully saturated rings. The third-order valence-electron chi connectivity index (χ3n) is 1.06. The van der Waals surface area contributed by atoms with Gasteiger partial charge in [-0.05, 0) is 13.8 Å². The van der Waals surface area contributed by atoms with Crippen molar-refractivity contribution < 1.29 is 9.90 Å². The number of aliphatic hydroxyl groups is 1. The van der Waals surface area contributed by atoms with Gasteiger partial charge in [0.2, 0.25) is 0 Å². The van der Waals surface area contributed by atoms with E-state index >= 15 is 0 Å². The predicted octanol–water partition coefficient (Wildman–Crippen LogP) is 2.26. The van der Waals surface area contributed by atoms with Crippen molar-refractivity contribution >= 4 is 5.78 Å². The highest BCUT2D eigenvalue weighted by Gasteiger charge is 2.14. The summed E-state index contributed by atoms with van der Waals surface area (Å²) in [5, 5.41) is 7.57. The molecular formula is C9H22O2. The van der Waals surface area contributed by atoms with Crippen molar-refractivity contribution in [1.29, 1.82) is 0 Å². The summed E-state index contributed by atoms with van der Waals surface area (Å²) in [4.78, 5) is 10.5. The molecule has 0 aliphatic carbocycles. The van der Waals surface area contributed by atoms with Crippen LogP contribution in [0.5, 0.6) is 0 Å². The number of hydrogen-bond donors (Lipinski definition) is 1. The summed E-state index contributed by atoms with van der Waals surface area (Å²) >= 11 is 0. The highest BCUT2D eigenvalue weighted by Crippen LogP contribution is 2.12. The average Bonchev–Trinajstić information content (AvgIpc) is 1.64. The molecule has 0 aromatic rings. The van der Waals surface area contributed by atoms with E-state index in [0.29, 0.717) is 0 Å². The molecule has 0 saturated carbocycles. The summed E-state index contributed by atoms with van der Waals surface area (Å²) in [6, 6.07) is 0. The third kappa shape index (κ3) is 17.7. The minimum absolute atomic E-state index is 0. The number of hydrogen-bond acceptors (Lipinski definition) is 2. The van der Waals surface area contributed by atoms with E-state index < -0.39 is 0 Å². The SMILES string of the molecule is C.CC(=O)C(C)(C)C.CCO. The van der Waals surface area contributed by atoms with Gasteiger partial charge in [0.05, 0.1) is 0 Å². The Hall–Kier alpha value is -0.370. The Morgan fingerprint density at radius 3 is 1.45 bits per heavy atom. The van der Waals surface area contributed by atoms with E-state index in [2.05, 4.69) is 0 Å². The van der Waals surface area contributed by atoms with Crippen LogP contribution in [-0.2, 0) is 4.79 Å². The van der Waals surface area contributed by atoms with Crippen molar-refractivity contribution in [2.75, 3.05) is 6.61 Å². The van der Waals surface area contributed by atoms with Gasteiger partial charge in [-0.25, -0.2) is 0 Å². The Kier molecular flexibility index (Phi) is 11.9. The molecule has 0 amide bonds. The second-order valence-corrected chi connectivity index (χ2v) is 3.12. The summed E-state index contributed by atoms with van der Waals surface area (Å²) in [5.41, 5.74) is -0.139. The van der Waals surface area contributed by atoms with Crippen molar-refractivity contribution in [3.05, 3.63) is 0 Å². The average molecular weight is 162 g/mol. The standard InChI is InChI=1S/C6H12O.C2H6O.CH4/c1-5(7)6(2,3)4;1-2-3;/h1-4H3;3H,2H2,1H3;1H4. The van der Waals surface area contributed by atoms with E-state index in [0.717, 1.165) is 0 Å². The number of ketones is 1. The first-order chi connectivity index (χ1) is 4.36. The molecule has 11 heavy (non-hydrogen) atoms. The molecular weight excluding hydrogens is 140 g/mol. The van der Waals surface area contributed by atoms with E-state index in [1.165, 1.54) is 0 Å². The van der Waals surface area contributed by atoms with Crippen LogP contribution in [0.3, 0.4) is 0 Å². The molecule has 1 N–H and O–H groups in total. The Morgan fingerprint density at radius 1 is 1.36 bits per heavy atom. The lowest BCUT2D eigenvalue weighted by atomic mass is 9.92. The van der Waals surface area contributed by atoms with Crippen LogP contribution in [0.15, 0.2) is 0 Å². The van der Waals surface area contributed by atoms with Gasteiger partial charge in [0.15, 0.2) is 0 Å². The number of aliphatic hydroxyl groups excluding tert-OH is 1. The van der Waals surface area contributed by atoms with Crippen LogP contribution in [0.4, 0.5) is 0 Å². The zero-order valence-electron chi connectivity index (χ0n) is 7.56. The molecule has 0 heterocycles. The number of carbonyl (C=O) groups is 1. The van der Waals surface area contributed by atoms with E-state index in [4.69, 9.17) is 5.11 Å². The molecule has 0 saturated heterocycles. The van der Waals surface area contributed by atoms with Gasteiger partial charge < -0.3 is 5.11 Å². The van der Waals surface area contributed by atoms with Crippen molar-refractivity contribution in [3.8, 4) is 0 Å². The maximum Gasteiger partial charge on any atom is 0.135 e. The first-order valence-corrected chi connectivity index (χ1v) is 3.48. The van der Waals surface area contributed by atoms with Crippen molar-refractivity contribution in [2.45, 2.75) is 42.0 Å². The molecule has 2 heteroatoms. The summed E-state index contributed by atoms with van der Waals surface area (Å²) in [5.74, 6) is 0.243. The number of rotatable bonds is 0. The third-order valence-corrected chi connectivity index (χ3v) is 1.06. The first kappa shape index (κ1) is 16.9. The maximum atomic E-state index is 10.5. The zero-order valence-corrected chi connectivity index (χ0v) is 7.56. The fraction of sp³-hybridized carbons (Fsp3) is 0.889. The van der Waals surface area contributed by atoms with Crippen LogP contribution in [0.2, 0.25) is 0 Å². The molecule has 0 radical (unpaired) electrons. The normalized spacial score (nSPS) is 8.91. The lowest BCUT2D eigenvalue weighted by Gasteiger charge is -2.11. The lowest BCUT2D eigenvalue weighted by Crippen LogP contribution is -2.15. The molecule has 0 atom stereocenters. The Morgan fingerprint density at radius 2 is 1.45 bits per heavy atom. The molecule has 0 spiro atoms. The summed E-state index contributed by atoms with van der Waals surface area (Å²) in [7, 11) is 0. The summed E-state index contributed by atoms with van der Waals surface area (Å²) < 4.78 is 0. The summed E-state index contributed by atoms with van der Waals surface area (Å²) in [6.45, 7) is 9.28. The molecule has 0 unspecified atom stereocenters. The monoisotopic (exact) mass is 162 g/mol. The second kappa shape index (κ2) is 7.73.